The van der Waals surface area contributed by atoms with Crippen molar-refractivity contribution in [2.75, 3.05) is 0 Å². The van der Waals surface area contributed by atoms with E-state index in [1.54, 1.807) is 0 Å². The van der Waals surface area contributed by atoms with E-state index in [2.05, 4.69) is 0 Å². The van der Waals surface area contributed by atoms with Gasteiger partial charge in [0.2, 0.25) is 0 Å². The molecule has 2 aromatic carbocycles. The Labute approximate surface area is 105 Å². The van der Waals surface area contributed by atoms with Crippen molar-refractivity contribution in [3.8, 4) is 0 Å². The lowest BCUT2D eigenvalue weighted by Gasteiger charge is -2.07. The Hall–Kier alpha value is -1.57. The Bertz CT molecular complexity index is 587. The molecule has 1 N–H and O–H groups in total. The SMILES string of the molecule is O[C@H]1C=C(c2ccccc2)c2cc(Cl)ccc21. The molecule has 84 valence electrons. The van der Waals surface area contributed by atoms with E-state index in [1.807, 2.05) is 54.6 Å². The molecular weight excluding hydrogens is 232 g/mol. The molecule has 3 rings (SSSR count). The summed E-state index contributed by atoms with van der Waals surface area (Å²) in [7, 11) is 0. The van der Waals surface area contributed by atoms with Gasteiger partial charge in [0.05, 0.1) is 6.10 Å². The Morgan fingerprint density at radius 2 is 1.76 bits per heavy atom. The molecule has 0 aliphatic heterocycles. The summed E-state index contributed by atoms with van der Waals surface area (Å²) in [6.07, 6.45) is 1.34. The smallest absolute Gasteiger partial charge is 0.0987 e. The predicted octanol–water partition coefficient (Wildman–Crippen LogP) is 3.82. The average molecular weight is 243 g/mol. The van der Waals surface area contributed by atoms with E-state index in [4.69, 9.17) is 11.6 Å². The van der Waals surface area contributed by atoms with Gasteiger partial charge in [0.25, 0.3) is 0 Å². The van der Waals surface area contributed by atoms with Crippen LogP contribution in [0.2, 0.25) is 5.02 Å². The molecule has 1 atom stereocenters. The molecule has 0 heterocycles. The topological polar surface area (TPSA) is 20.2 Å². The Kier molecular flexibility index (Phi) is 2.50. The van der Waals surface area contributed by atoms with E-state index < -0.39 is 6.10 Å². The van der Waals surface area contributed by atoms with Crippen molar-refractivity contribution in [2.45, 2.75) is 6.10 Å². The maximum absolute atomic E-state index is 9.98. The van der Waals surface area contributed by atoms with Crippen LogP contribution < -0.4 is 0 Å². The second-order valence-corrected chi connectivity index (χ2v) is 4.56. The average Bonchev–Trinajstić information content (AvgIpc) is 2.67. The lowest BCUT2D eigenvalue weighted by atomic mass is 9.99. The third-order valence-electron chi connectivity index (χ3n) is 3.03. The van der Waals surface area contributed by atoms with Gasteiger partial charge in [-0.2, -0.15) is 0 Å². The first kappa shape index (κ1) is 10.6. The monoisotopic (exact) mass is 242 g/mol. The molecule has 0 radical (unpaired) electrons. The van der Waals surface area contributed by atoms with E-state index in [0.29, 0.717) is 5.02 Å². The van der Waals surface area contributed by atoms with Gasteiger partial charge in [0.15, 0.2) is 0 Å². The number of hydrogen-bond acceptors (Lipinski definition) is 1. The molecule has 1 nitrogen and oxygen atoms in total. The van der Waals surface area contributed by atoms with Crippen molar-refractivity contribution in [2.24, 2.45) is 0 Å². The lowest BCUT2D eigenvalue weighted by molar-refractivity contribution is 0.232. The maximum Gasteiger partial charge on any atom is 0.0987 e. The molecule has 0 unspecified atom stereocenters. The zero-order valence-corrected chi connectivity index (χ0v) is 9.85. The summed E-state index contributed by atoms with van der Waals surface area (Å²) < 4.78 is 0. The molecule has 0 spiro atoms. The minimum atomic E-state index is -0.530. The highest BCUT2D eigenvalue weighted by molar-refractivity contribution is 6.30. The molecule has 1 aliphatic carbocycles. The summed E-state index contributed by atoms with van der Waals surface area (Å²) >= 11 is 6.01. The van der Waals surface area contributed by atoms with Crippen LogP contribution in [-0.4, -0.2) is 5.11 Å². The Balaban J connectivity index is 2.17. The summed E-state index contributed by atoms with van der Waals surface area (Å²) in [4.78, 5) is 0. The van der Waals surface area contributed by atoms with Crippen molar-refractivity contribution in [1.29, 1.82) is 0 Å². The normalized spacial score (nSPS) is 17.8. The molecule has 17 heavy (non-hydrogen) atoms. The molecule has 2 aromatic rings. The quantitative estimate of drug-likeness (QED) is 0.806. The van der Waals surface area contributed by atoms with Gasteiger partial charge in [-0.25, -0.2) is 0 Å². The van der Waals surface area contributed by atoms with Crippen LogP contribution in [0, 0.1) is 0 Å². The van der Waals surface area contributed by atoms with Crippen molar-refractivity contribution < 1.29 is 5.11 Å². The first-order chi connectivity index (χ1) is 8.25. The maximum atomic E-state index is 9.98. The minimum Gasteiger partial charge on any atom is -0.384 e. The van der Waals surface area contributed by atoms with Crippen LogP contribution in [-0.2, 0) is 0 Å². The lowest BCUT2D eigenvalue weighted by Crippen LogP contribution is -1.90. The van der Waals surface area contributed by atoms with E-state index in [-0.39, 0.29) is 0 Å². The highest BCUT2D eigenvalue weighted by Crippen LogP contribution is 2.39. The first-order valence-corrected chi connectivity index (χ1v) is 5.88. The second-order valence-electron chi connectivity index (χ2n) is 4.12. The zero-order chi connectivity index (χ0) is 11.8. The molecule has 0 aromatic heterocycles. The zero-order valence-electron chi connectivity index (χ0n) is 9.10. The van der Waals surface area contributed by atoms with Gasteiger partial charge in [-0.05, 0) is 40.5 Å². The van der Waals surface area contributed by atoms with Crippen molar-refractivity contribution in [3.05, 3.63) is 76.3 Å². The highest BCUT2D eigenvalue weighted by Gasteiger charge is 2.22. The highest BCUT2D eigenvalue weighted by atomic mass is 35.5. The molecule has 0 bridgehead atoms. The molecule has 0 amide bonds. The number of halogens is 1. The van der Waals surface area contributed by atoms with E-state index in [0.717, 1.165) is 22.3 Å². The predicted molar refractivity (Wildman–Crippen MR) is 69.9 cm³/mol. The fourth-order valence-electron chi connectivity index (χ4n) is 2.23. The van der Waals surface area contributed by atoms with E-state index in [9.17, 15) is 5.11 Å². The number of benzene rings is 2. The van der Waals surface area contributed by atoms with Gasteiger partial charge in [-0.3, -0.25) is 0 Å². The summed E-state index contributed by atoms with van der Waals surface area (Å²) in [6, 6.07) is 15.6. The number of aliphatic hydroxyl groups is 1. The first-order valence-electron chi connectivity index (χ1n) is 5.51. The number of hydrogen-bond donors (Lipinski definition) is 1. The van der Waals surface area contributed by atoms with Gasteiger partial charge in [0.1, 0.15) is 0 Å². The second kappa shape index (κ2) is 4.02. The van der Waals surface area contributed by atoms with Crippen LogP contribution in [0.1, 0.15) is 22.8 Å². The largest absolute Gasteiger partial charge is 0.384 e. The molecule has 2 heteroatoms. The van der Waals surface area contributed by atoms with Crippen molar-refractivity contribution in [1.82, 2.24) is 0 Å². The van der Waals surface area contributed by atoms with Crippen molar-refractivity contribution >= 4 is 17.2 Å². The van der Waals surface area contributed by atoms with Crippen LogP contribution in [0.25, 0.3) is 5.57 Å². The number of rotatable bonds is 1. The number of aliphatic hydroxyl groups excluding tert-OH is 1. The van der Waals surface area contributed by atoms with Gasteiger partial charge in [-0.1, -0.05) is 48.0 Å². The van der Waals surface area contributed by atoms with Crippen LogP contribution in [0.3, 0.4) is 0 Å². The van der Waals surface area contributed by atoms with E-state index in [1.165, 1.54) is 0 Å². The third kappa shape index (κ3) is 1.78. The summed E-state index contributed by atoms with van der Waals surface area (Å²) in [5, 5.41) is 10.7. The van der Waals surface area contributed by atoms with Gasteiger partial charge >= 0.3 is 0 Å². The van der Waals surface area contributed by atoms with Crippen LogP contribution in [0.15, 0.2) is 54.6 Å². The molecule has 0 saturated heterocycles. The van der Waals surface area contributed by atoms with Gasteiger partial charge in [0, 0.05) is 5.02 Å². The standard InChI is InChI=1S/C15H11ClO/c16-11-6-7-12-14(8-11)13(9-15(12)17)10-4-2-1-3-5-10/h1-9,15,17H/t15-/m0/s1. The molecule has 0 fully saturated rings. The van der Waals surface area contributed by atoms with Crippen molar-refractivity contribution in [3.63, 3.8) is 0 Å². The Morgan fingerprint density at radius 1 is 1.00 bits per heavy atom. The van der Waals surface area contributed by atoms with E-state index >= 15 is 0 Å². The van der Waals surface area contributed by atoms with Crippen LogP contribution >= 0.6 is 11.6 Å². The Morgan fingerprint density at radius 3 is 2.53 bits per heavy atom. The fraction of sp³-hybridized carbons (Fsp3) is 0.0667. The third-order valence-corrected chi connectivity index (χ3v) is 3.27. The van der Waals surface area contributed by atoms with Crippen LogP contribution in [0.4, 0.5) is 0 Å². The summed E-state index contributed by atoms with van der Waals surface area (Å²) in [5.74, 6) is 0. The summed E-state index contributed by atoms with van der Waals surface area (Å²) in [5.41, 5.74) is 4.10. The van der Waals surface area contributed by atoms with Gasteiger partial charge < -0.3 is 5.11 Å². The summed E-state index contributed by atoms with van der Waals surface area (Å²) in [6.45, 7) is 0. The number of fused-ring (bicyclic) bond motifs is 1. The van der Waals surface area contributed by atoms with Crippen LogP contribution in [0.5, 0.6) is 0 Å². The molecular formula is C15H11ClO. The van der Waals surface area contributed by atoms with Gasteiger partial charge in [-0.15, -0.1) is 0 Å². The molecule has 0 saturated carbocycles. The minimum absolute atomic E-state index is 0.530. The fourth-order valence-corrected chi connectivity index (χ4v) is 2.40. The molecule has 1 aliphatic rings.